The second-order valence-electron chi connectivity index (χ2n) is 2.88. The first-order valence-electron chi connectivity index (χ1n) is 4.22. The van der Waals surface area contributed by atoms with Gasteiger partial charge < -0.3 is 15.4 Å². The van der Waals surface area contributed by atoms with Gasteiger partial charge in [-0.2, -0.15) is 4.98 Å². The summed E-state index contributed by atoms with van der Waals surface area (Å²) in [5, 5.41) is 13.4. The van der Waals surface area contributed by atoms with E-state index in [0.29, 0.717) is 17.3 Å². The number of nitrogens with zero attached hydrogens (tertiary/aromatic N) is 2. The van der Waals surface area contributed by atoms with E-state index in [-0.39, 0.29) is 12.3 Å². The number of halogens is 1. The van der Waals surface area contributed by atoms with E-state index in [4.69, 9.17) is 10.3 Å². The highest BCUT2D eigenvalue weighted by Gasteiger charge is 2.11. The molecule has 0 radical (unpaired) electrons. The van der Waals surface area contributed by atoms with Crippen LogP contribution in [0.4, 0.5) is 0 Å². The highest BCUT2D eigenvalue weighted by molar-refractivity contribution is 9.10. The lowest BCUT2D eigenvalue weighted by atomic mass is 10.2. The summed E-state index contributed by atoms with van der Waals surface area (Å²) in [7, 11) is 0. The van der Waals surface area contributed by atoms with Gasteiger partial charge in [0.15, 0.2) is 0 Å². The third-order valence-corrected chi connectivity index (χ3v) is 2.34. The van der Waals surface area contributed by atoms with Crippen molar-refractivity contribution in [2.75, 3.05) is 0 Å². The van der Waals surface area contributed by atoms with Crippen molar-refractivity contribution >= 4 is 15.9 Å². The van der Waals surface area contributed by atoms with Crippen LogP contribution in [0.3, 0.4) is 0 Å². The van der Waals surface area contributed by atoms with Crippen LogP contribution in [0, 0.1) is 0 Å². The smallest absolute Gasteiger partial charge is 0.240 e. The number of hydrogen-bond acceptors (Lipinski definition) is 5. The van der Waals surface area contributed by atoms with Crippen molar-refractivity contribution in [2.24, 2.45) is 5.73 Å². The maximum Gasteiger partial charge on any atom is 0.240 e. The van der Waals surface area contributed by atoms with Crippen LogP contribution in [0.5, 0.6) is 5.75 Å². The molecule has 0 spiro atoms. The molecule has 0 aliphatic heterocycles. The summed E-state index contributed by atoms with van der Waals surface area (Å²) in [5.74, 6) is 0.765. The summed E-state index contributed by atoms with van der Waals surface area (Å²) in [6.45, 7) is 0.185. The van der Waals surface area contributed by atoms with Gasteiger partial charge in [-0.05, 0) is 18.2 Å². The lowest BCUT2D eigenvalue weighted by Crippen LogP contribution is -1.95. The van der Waals surface area contributed by atoms with E-state index in [0.717, 1.165) is 4.47 Å². The van der Waals surface area contributed by atoms with Gasteiger partial charge in [-0.15, -0.1) is 0 Å². The summed E-state index contributed by atoms with van der Waals surface area (Å²) in [6, 6.07) is 5.05. The first-order chi connectivity index (χ1) is 7.20. The molecule has 6 heteroatoms. The van der Waals surface area contributed by atoms with Crippen molar-refractivity contribution in [1.82, 2.24) is 10.1 Å². The van der Waals surface area contributed by atoms with E-state index in [2.05, 4.69) is 26.1 Å². The van der Waals surface area contributed by atoms with E-state index in [1.54, 1.807) is 18.2 Å². The number of phenols is 1. The van der Waals surface area contributed by atoms with E-state index in [1.165, 1.54) is 0 Å². The van der Waals surface area contributed by atoms with Crippen LogP contribution >= 0.6 is 15.9 Å². The molecule has 1 aromatic carbocycles. The van der Waals surface area contributed by atoms with Gasteiger partial charge in [0.1, 0.15) is 5.75 Å². The normalized spacial score (nSPS) is 10.5. The Hall–Kier alpha value is -1.40. The van der Waals surface area contributed by atoms with Gasteiger partial charge in [0.05, 0.1) is 12.1 Å². The Balaban J connectivity index is 2.44. The average Bonchev–Trinajstić information content (AvgIpc) is 2.66. The van der Waals surface area contributed by atoms with Gasteiger partial charge in [0.25, 0.3) is 0 Å². The molecule has 0 aliphatic carbocycles. The van der Waals surface area contributed by atoms with Gasteiger partial charge in [0, 0.05) is 4.47 Å². The third kappa shape index (κ3) is 2.00. The molecule has 0 amide bonds. The Bertz CT molecular complexity index is 484. The predicted molar refractivity (Wildman–Crippen MR) is 57.0 cm³/mol. The van der Waals surface area contributed by atoms with Crippen LogP contribution in [0.15, 0.2) is 27.2 Å². The molecule has 15 heavy (non-hydrogen) atoms. The second-order valence-corrected chi connectivity index (χ2v) is 3.79. The fraction of sp³-hybridized carbons (Fsp3) is 0.111. The number of phenolic OH excluding ortho intramolecular Hbond substituents is 1. The molecular weight excluding hydrogens is 262 g/mol. The molecule has 0 bridgehead atoms. The summed E-state index contributed by atoms with van der Waals surface area (Å²) in [5.41, 5.74) is 5.85. The zero-order valence-corrected chi connectivity index (χ0v) is 9.23. The molecule has 0 unspecified atom stereocenters. The summed E-state index contributed by atoms with van der Waals surface area (Å²) in [6.07, 6.45) is 0. The largest absolute Gasteiger partial charge is 0.507 e. The van der Waals surface area contributed by atoms with Crippen LogP contribution < -0.4 is 5.73 Å². The zero-order chi connectivity index (χ0) is 10.8. The number of benzene rings is 1. The molecule has 0 aliphatic rings. The molecule has 0 saturated carbocycles. The molecule has 1 aromatic heterocycles. The third-order valence-electron chi connectivity index (χ3n) is 1.84. The van der Waals surface area contributed by atoms with Gasteiger partial charge in [0.2, 0.25) is 11.7 Å². The standard InChI is InChI=1S/C9H8BrN3O2/c10-5-1-2-6(7(14)3-5)9-12-8(4-11)15-13-9/h1-3,14H,4,11H2. The Kier molecular flexibility index (Phi) is 2.70. The quantitative estimate of drug-likeness (QED) is 0.866. The first kappa shape index (κ1) is 10.1. The topological polar surface area (TPSA) is 85.2 Å². The Morgan fingerprint density at radius 3 is 2.87 bits per heavy atom. The molecule has 5 nitrogen and oxygen atoms in total. The Labute approximate surface area is 94.0 Å². The van der Waals surface area contributed by atoms with E-state index in [1.807, 2.05) is 0 Å². The monoisotopic (exact) mass is 269 g/mol. The number of aromatic hydroxyl groups is 1. The van der Waals surface area contributed by atoms with E-state index in [9.17, 15) is 5.11 Å². The molecule has 1 heterocycles. The fourth-order valence-corrected chi connectivity index (χ4v) is 1.49. The van der Waals surface area contributed by atoms with Gasteiger partial charge in [-0.3, -0.25) is 0 Å². The average molecular weight is 270 g/mol. The van der Waals surface area contributed by atoms with E-state index < -0.39 is 0 Å². The molecule has 0 atom stereocenters. The van der Waals surface area contributed by atoms with Crippen LogP contribution in [0.1, 0.15) is 5.89 Å². The number of hydrogen-bond donors (Lipinski definition) is 2. The summed E-state index contributed by atoms with van der Waals surface area (Å²) < 4.78 is 5.63. The highest BCUT2D eigenvalue weighted by atomic mass is 79.9. The lowest BCUT2D eigenvalue weighted by Gasteiger charge is -1.98. The van der Waals surface area contributed by atoms with Crippen LogP contribution in [-0.4, -0.2) is 15.2 Å². The molecule has 0 saturated heterocycles. The molecule has 0 fully saturated rings. The van der Waals surface area contributed by atoms with Crippen molar-refractivity contribution in [3.63, 3.8) is 0 Å². The molecule has 3 N–H and O–H groups in total. The number of aromatic nitrogens is 2. The van der Waals surface area contributed by atoms with E-state index >= 15 is 0 Å². The summed E-state index contributed by atoms with van der Waals surface area (Å²) >= 11 is 3.24. The second kappa shape index (κ2) is 4.00. The van der Waals surface area contributed by atoms with Gasteiger partial charge in [-0.1, -0.05) is 21.1 Å². The maximum absolute atomic E-state index is 9.64. The summed E-state index contributed by atoms with van der Waals surface area (Å²) in [4.78, 5) is 4.01. The first-order valence-corrected chi connectivity index (χ1v) is 5.01. The molecule has 78 valence electrons. The Morgan fingerprint density at radius 2 is 2.27 bits per heavy atom. The van der Waals surface area contributed by atoms with Crippen LogP contribution in [0.2, 0.25) is 0 Å². The van der Waals surface area contributed by atoms with Crippen LogP contribution in [-0.2, 0) is 6.54 Å². The maximum atomic E-state index is 9.64. The minimum absolute atomic E-state index is 0.0914. The van der Waals surface area contributed by atoms with Crippen molar-refractivity contribution < 1.29 is 9.63 Å². The Morgan fingerprint density at radius 1 is 1.47 bits per heavy atom. The fourth-order valence-electron chi connectivity index (χ4n) is 1.14. The van der Waals surface area contributed by atoms with Gasteiger partial charge in [-0.25, -0.2) is 0 Å². The van der Waals surface area contributed by atoms with Gasteiger partial charge >= 0.3 is 0 Å². The molecular formula is C9H8BrN3O2. The minimum Gasteiger partial charge on any atom is -0.507 e. The predicted octanol–water partition coefficient (Wildman–Crippen LogP) is 1.66. The zero-order valence-electron chi connectivity index (χ0n) is 7.64. The highest BCUT2D eigenvalue weighted by Crippen LogP contribution is 2.29. The minimum atomic E-state index is 0.0914. The van der Waals surface area contributed by atoms with Crippen molar-refractivity contribution in [2.45, 2.75) is 6.54 Å². The van der Waals surface area contributed by atoms with Crippen molar-refractivity contribution in [3.8, 4) is 17.1 Å². The molecule has 2 aromatic rings. The van der Waals surface area contributed by atoms with Crippen LogP contribution in [0.25, 0.3) is 11.4 Å². The lowest BCUT2D eigenvalue weighted by molar-refractivity contribution is 0.380. The SMILES string of the molecule is NCc1nc(-c2ccc(Br)cc2O)no1. The van der Waals surface area contributed by atoms with Crippen molar-refractivity contribution in [3.05, 3.63) is 28.6 Å². The van der Waals surface area contributed by atoms with Crippen molar-refractivity contribution in [1.29, 1.82) is 0 Å². The number of rotatable bonds is 2. The molecule has 2 rings (SSSR count). The number of nitrogens with two attached hydrogens (primary N) is 1.